The van der Waals surface area contributed by atoms with Crippen LogP contribution in [-0.4, -0.2) is 21.8 Å². The van der Waals surface area contributed by atoms with Crippen LogP contribution in [0.3, 0.4) is 0 Å². The lowest BCUT2D eigenvalue weighted by atomic mass is 9.96. The third-order valence-corrected chi connectivity index (χ3v) is 7.30. The smallest absolute Gasteiger partial charge is 0.174 e. The van der Waals surface area contributed by atoms with Crippen molar-refractivity contribution < 1.29 is 4.74 Å². The molecule has 1 aliphatic rings. The van der Waals surface area contributed by atoms with E-state index in [2.05, 4.69) is 84.9 Å². The molecule has 1 saturated heterocycles. The van der Waals surface area contributed by atoms with E-state index >= 15 is 0 Å². The molecule has 5 rings (SSSR count). The Labute approximate surface area is 212 Å². The van der Waals surface area contributed by atoms with Crippen molar-refractivity contribution in [1.82, 2.24) is 14.9 Å². The zero-order chi connectivity index (χ0) is 24.7. The van der Waals surface area contributed by atoms with Gasteiger partial charge in [-0.2, -0.15) is 0 Å². The van der Waals surface area contributed by atoms with Crippen LogP contribution in [0.4, 0.5) is 5.69 Å². The molecule has 0 saturated carbocycles. The number of benzene rings is 2. The molecular formula is C29H30N4OS. The summed E-state index contributed by atoms with van der Waals surface area (Å²) in [6, 6.07) is 22.9. The number of hydrogen-bond acceptors (Lipinski definition) is 3. The molecule has 1 N–H and O–H groups in total. The minimum absolute atomic E-state index is 0.0438. The van der Waals surface area contributed by atoms with Gasteiger partial charge in [0.25, 0.3) is 0 Å². The summed E-state index contributed by atoms with van der Waals surface area (Å²) in [5.41, 5.74) is 9.24. The monoisotopic (exact) mass is 482 g/mol. The summed E-state index contributed by atoms with van der Waals surface area (Å²) >= 11 is 5.92. The van der Waals surface area contributed by atoms with Gasteiger partial charge in [0, 0.05) is 29.0 Å². The van der Waals surface area contributed by atoms with Crippen molar-refractivity contribution in [3.8, 4) is 11.4 Å². The maximum absolute atomic E-state index is 5.92. The van der Waals surface area contributed by atoms with E-state index in [1.165, 1.54) is 28.1 Å². The average Bonchev–Trinajstić information content (AvgIpc) is 3.36. The number of aryl methyl sites for hydroxylation is 3. The molecule has 0 bridgehead atoms. The number of ether oxygens (including phenoxy) is 1. The first-order chi connectivity index (χ1) is 16.9. The minimum Gasteiger partial charge on any atom is -0.497 e. The molecule has 3 heterocycles. The number of nitrogens with one attached hydrogen (secondary N) is 1. The van der Waals surface area contributed by atoms with E-state index in [0.717, 1.165) is 22.8 Å². The predicted molar refractivity (Wildman–Crippen MR) is 146 cm³/mol. The van der Waals surface area contributed by atoms with Crippen molar-refractivity contribution in [2.24, 2.45) is 0 Å². The molecule has 0 aliphatic carbocycles. The van der Waals surface area contributed by atoms with E-state index in [4.69, 9.17) is 21.9 Å². The Morgan fingerprint density at radius 1 is 0.886 bits per heavy atom. The number of hydrogen-bond donors (Lipinski definition) is 1. The van der Waals surface area contributed by atoms with Gasteiger partial charge >= 0.3 is 0 Å². The Balaban J connectivity index is 1.66. The lowest BCUT2D eigenvalue weighted by Crippen LogP contribution is -2.29. The molecule has 6 heteroatoms. The highest BCUT2D eigenvalue weighted by molar-refractivity contribution is 7.80. The normalized spacial score (nSPS) is 17.5. The zero-order valence-electron chi connectivity index (χ0n) is 20.7. The maximum atomic E-state index is 5.92. The second-order valence-corrected chi connectivity index (χ2v) is 9.51. The summed E-state index contributed by atoms with van der Waals surface area (Å²) in [6.07, 6.45) is 1.84. The second kappa shape index (κ2) is 9.19. The van der Waals surface area contributed by atoms with Gasteiger partial charge in [-0.05, 0) is 111 Å². The topological polar surface area (TPSA) is 42.3 Å². The SMILES string of the molecule is COc1ccc(-n2c(C)cc(C3C(c4ccccn4)NC(=S)N3c3ccc(C)c(C)c3)c2C)cc1. The van der Waals surface area contributed by atoms with E-state index in [1.54, 1.807) is 7.11 Å². The number of rotatable bonds is 5. The largest absolute Gasteiger partial charge is 0.497 e. The Kier molecular flexibility index (Phi) is 6.07. The van der Waals surface area contributed by atoms with Crippen LogP contribution in [0.25, 0.3) is 5.69 Å². The van der Waals surface area contributed by atoms with Crippen LogP contribution in [0.5, 0.6) is 5.75 Å². The van der Waals surface area contributed by atoms with Crippen LogP contribution >= 0.6 is 12.2 Å². The second-order valence-electron chi connectivity index (χ2n) is 9.13. The summed E-state index contributed by atoms with van der Waals surface area (Å²) in [6.45, 7) is 8.61. The molecule has 1 aliphatic heterocycles. The van der Waals surface area contributed by atoms with Crippen LogP contribution in [0.15, 0.2) is 72.9 Å². The van der Waals surface area contributed by atoms with E-state index in [0.29, 0.717) is 5.11 Å². The van der Waals surface area contributed by atoms with Crippen molar-refractivity contribution in [2.45, 2.75) is 39.8 Å². The predicted octanol–water partition coefficient (Wildman–Crippen LogP) is 6.29. The molecule has 0 radical (unpaired) electrons. The Morgan fingerprint density at radius 2 is 1.63 bits per heavy atom. The summed E-state index contributed by atoms with van der Waals surface area (Å²) in [5, 5.41) is 4.29. The van der Waals surface area contributed by atoms with Gasteiger partial charge in [0.05, 0.1) is 24.9 Å². The highest BCUT2D eigenvalue weighted by Gasteiger charge is 2.42. The lowest BCUT2D eigenvalue weighted by molar-refractivity contribution is 0.414. The summed E-state index contributed by atoms with van der Waals surface area (Å²) in [5.74, 6) is 0.845. The van der Waals surface area contributed by atoms with E-state index in [-0.39, 0.29) is 12.1 Å². The third kappa shape index (κ3) is 4.08. The molecule has 178 valence electrons. The molecule has 2 unspecified atom stereocenters. The van der Waals surface area contributed by atoms with Crippen molar-refractivity contribution in [2.75, 3.05) is 12.0 Å². The fourth-order valence-corrected chi connectivity index (χ4v) is 5.39. The number of anilines is 1. The minimum atomic E-state index is -0.0740. The Bertz CT molecular complexity index is 1380. The lowest BCUT2D eigenvalue weighted by Gasteiger charge is -2.28. The van der Waals surface area contributed by atoms with Crippen LogP contribution < -0.4 is 15.0 Å². The van der Waals surface area contributed by atoms with Crippen molar-refractivity contribution in [1.29, 1.82) is 0 Å². The molecule has 2 aromatic heterocycles. The standard InChI is InChI=1S/C29H30N4OS/c1-18-9-10-23(16-19(18)2)33-28(27(31-29(33)35)26-8-6-7-15-30-26)25-17-20(3)32(21(25)4)22-11-13-24(34-5)14-12-22/h6-17,27-28H,1-5H3,(H,31,35). The number of thiocarbonyl (C=S) groups is 1. The van der Waals surface area contributed by atoms with Gasteiger partial charge in [0.2, 0.25) is 0 Å². The van der Waals surface area contributed by atoms with Crippen LogP contribution in [-0.2, 0) is 0 Å². The van der Waals surface area contributed by atoms with E-state index in [9.17, 15) is 0 Å². The Hall–Kier alpha value is -3.64. The first kappa shape index (κ1) is 23.1. The average molecular weight is 483 g/mol. The Morgan fingerprint density at radius 3 is 2.29 bits per heavy atom. The van der Waals surface area contributed by atoms with Gasteiger partial charge in [-0.1, -0.05) is 12.1 Å². The fraction of sp³-hybridized carbons (Fsp3) is 0.241. The van der Waals surface area contributed by atoms with Crippen LogP contribution in [0.1, 0.15) is 45.9 Å². The highest BCUT2D eigenvalue weighted by atomic mass is 32.1. The molecule has 35 heavy (non-hydrogen) atoms. The van der Waals surface area contributed by atoms with Gasteiger partial charge in [0.1, 0.15) is 5.75 Å². The highest BCUT2D eigenvalue weighted by Crippen LogP contribution is 2.44. The first-order valence-electron chi connectivity index (χ1n) is 11.8. The van der Waals surface area contributed by atoms with Gasteiger partial charge < -0.3 is 19.5 Å². The van der Waals surface area contributed by atoms with Gasteiger partial charge in [-0.3, -0.25) is 4.98 Å². The van der Waals surface area contributed by atoms with Gasteiger partial charge in [-0.25, -0.2) is 0 Å². The summed E-state index contributed by atoms with van der Waals surface area (Å²) < 4.78 is 7.66. The van der Waals surface area contributed by atoms with Crippen LogP contribution in [0.2, 0.25) is 0 Å². The molecule has 5 nitrogen and oxygen atoms in total. The third-order valence-electron chi connectivity index (χ3n) is 6.99. The zero-order valence-corrected chi connectivity index (χ0v) is 21.6. The van der Waals surface area contributed by atoms with Crippen LogP contribution in [0, 0.1) is 27.7 Å². The molecule has 1 fully saturated rings. The first-order valence-corrected chi connectivity index (χ1v) is 12.2. The quantitative estimate of drug-likeness (QED) is 0.339. The van der Waals surface area contributed by atoms with Gasteiger partial charge in [-0.15, -0.1) is 0 Å². The number of pyridine rings is 1. The van der Waals surface area contributed by atoms with Crippen molar-refractivity contribution in [3.63, 3.8) is 0 Å². The molecular weight excluding hydrogens is 452 g/mol. The summed E-state index contributed by atoms with van der Waals surface area (Å²) in [7, 11) is 1.69. The molecule has 0 spiro atoms. The summed E-state index contributed by atoms with van der Waals surface area (Å²) in [4.78, 5) is 6.95. The fourth-order valence-electron chi connectivity index (χ4n) is 5.04. The number of nitrogens with zero attached hydrogens (tertiary/aromatic N) is 3. The van der Waals surface area contributed by atoms with Crippen molar-refractivity contribution >= 4 is 23.0 Å². The van der Waals surface area contributed by atoms with E-state index in [1.807, 2.05) is 30.5 Å². The van der Waals surface area contributed by atoms with E-state index < -0.39 is 0 Å². The molecule has 2 aromatic carbocycles. The maximum Gasteiger partial charge on any atom is 0.174 e. The number of methoxy groups -OCH3 is 1. The van der Waals surface area contributed by atoms with Crippen molar-refractivity contribution in [3.05, 3.63) is 107 Å². The molecule has 0 amide bonds. The van der Waals surface area contributed by atoms with Gasteiger partial charge in [0.15, 0.2) is 5.11 Å². The molecule has 2 atom stereocenters. The number of aromatic nitrogens is 2. The molecule has 4 aromatic rings.